The van der Waals surface area contributed by atoms with E-state index in [0.717, 1.165) is 56.8 Å². The highest BCUT2D eigenvalue weighted by Gasteiger charge is 2.30. The van der Waals surface area contributed by atoms with Gasteiger partial charge in [-0.1, -0.05) is 30.3 Å². The van der Waals surface area contributed by atoms with E-state index in [1.165, 1.54) is 5.69 Å². The number of piperidine rings is 1. The zero-order valence-electron chi connectivity index (χ0n) is 14.9. The van der Waals surface area contributed by atoms with Crippen LogP contribution in [0.4, 0.5) is 0 Å². The van der Waals surface area contributed by atoms with Gasteiger partial charge in [0.15, 0.2) is 0 Å². The van der Waals surface area contributed by atoms with Gasteiger partial charge in [-0.15, -0.1) is 0 Å². The van der Waals surface area contributed by atoms with Gasteiger partial charge in [0.1, 0.15) is 0 Å². The molecule has 3 heterocycles. The number of likely N-dealkylation sites (tertiary alicyclic amines) is 1. The first-order chi connectivity index (χ1) is 12.7. The SMILES string of the molecule is O=C(O)CN1CCC(n2cnc(-c3ccccc3)c2[C@@H]2CCOC2)CC1. The zero-order valence-corrected chi connectivity index (χ0v) is 14.9. The van der Waals surface area contributed by atoms with Crippen molar-refractivity contribution in [2.24, 2.45) is 0 Å². The molecule has 0 unspecified atom stereocenters. The Balaban J connectivity index is 1.60. The fourth-order valence-electron chi connectivity index (χ4n) is 4.18. The molecular weight excluding hydrogens is 330 g/mol. The highest BCUT2D eigenvalue weighted by Crippen LogP contribution is 2.36. The van der Waals surface area contributed by atoms with Gasteiger partial charge in [-0.3, -0.25) is 9.69 Å². The molecule has 26 heavy (non-hydrogen) atoms. The number of carboxylic acid groups (broad SMARTS) is 1. The van der Waals surface area contributed by atoms with Crippen molar-refractivity contribution >= 4 is 5.97 Å². The normalized spacial score (nSPS) is 21.9. The lowest BCUT2D eigenvalue weighted by Crippen LogP contribution is -2.38. The molecular formula is C20H25N3O3. The molecule has 0 amide bonds. The lowest BCUT2D eigenvalue weighted by atomic mass is 9.97. The van der Waals surface area contributed by atoms with Gasteiger partial charge in [-0.05, 0) is 19.3 Å². The summed E-state index contributed by atoms with van der Waals surface area (Å²) < 4.78 is 8.01. The lowest BCUT2D eigenvalue weighted by molar-refractivity contribution is -0.138. The summed E-state index contributed by atoms with van der Waals surface area (Å²) >= 11 is 0. The summed E-state index contributed by atoms with van der Waals surface area (Å²) in [5.74, 6) is -0.369. The molecule has 2 aliphatic rings. The van der Waals surface area contributed by atoms with Crippen LogP contribution in [0.3, 0.4) is 0 Å². The average Bonchev–Trinajstić information content (AvgIpc) is 3.32. The summed E-state index contributed by atoms with van der Waals surface area (Å²) in [4.78, 5) is 17.7. The molecule has 1 aromatic heterocycles. The van der Waals surface area contributed by atoms with E-state index in [0.29, 0.717) is 12.0 Å². The van der Waals surface area contributed by atoms with E-state index in [4.69, 9.17) is 14.8 Å². The summed E-state index contributed by atoms with van der Waals surface area (Å²) in [5, 5.41) is 8.99. The fourth-order valence-corrected chi connectivity index (χ4v) is 4.18. The highest BCUT2D eigenvalue weighted by molar-refractivity contribution is 5.69. The highest BCUT2D eigenvalue weighted by atomic mass is 16.5. The molecule has 0 bridgehead atoms. The Kier molecular flexibility index (Phi) is 5.04. The Bertz CT molecular complexity index is 745. The molecule has 6 nitrogen and oxygen atoms in total. The van der Waals surface area contributed by atoms with Crippen molar-refractivity contribution in [1.82, 2.24) is 14.5 Å². The number of carbonyl (C=O) groups is 1. The van der Waals surface area contributed by atoms with Crippen LogP contribution in [0, 0.1) is 0 Å². The topological polar surface area (TPSA) is 67.6 Å². The van der Waals surface area contributed by atoms with Crippen LogP contribution in [0.1, 0.15) is 36.9 Å². The van der Waals surface area contributed by atoms with Crippen molar-refractivity contribution in [1.29, 1.82) is 0 Å². The number of hydrogen-bond acceptors (Lipinski definition) is 4. The minimum absolute atomic E-state index is 0.134. The Hall–Kier alpha value is -2.18. The molecule has 2 aromatic rings. The van der Waals surface area contributed by atoms with Crippen molar-refractivity contribution in [3.8, 4) is 11.3 Å². The molecule has 2 aliphatic heterocycles. The van der Waals surface area contributed by atoms with Gasteiger partial charge in [0.2, 0.25) is 0 Å². The first-order valence-electron chi connectivity index (χ1n) is 9.36. The van der Waals surface area contributed by atoms with E-state index in [1.54, 1.807) is 0 Å². The number of imidazole rings is 1. The Morgan fingerprint density at radius 1 is 1.19 bits per heavy atom. The van der Waals surface area contributed by atoms with Gasteiger partial charge < -0.3 is 14.4 Å². The van der Waals surface area contributed by atoms with Crippen molar-refractivity contribution in [2.45, 2.75) is 31.2 Å². The smallest absolute Gasteiger partial charge is 0.317 e. The second-order valence-electron chi connectivity index (χ2n) is 7.21. The van der Waals surface area contributed by atoms with Crippen LogP contribution >= 0.6 is 0 Å². The lowest BCUT2D eigenvalue weighted by Gasteiger charge is -2.33. The Morgan fingerprint density at radius 3 is 2.62 bits per heavy atom. The van der Waals surface area contributed by atoms with Crippen LogP contribution in [0.5, 0.6) is 0 Å². The van der Waals surface area contributed by atoms with E-state index >= 15 is 0 Å². The third kappa shape index (κ3) is 3.52. The van der Waals surface area contributed by atoms with Crippen LogP contribution in [0.15, 0.2) is 36.7 Å². The Morgan fingerprint density at radius 2 is 1.96 bits per heavy atom. The number of benzene rings is 1. The van der Waals surface area contributed by atoms with Gasteiger partial charge in [-0.2, -0.15) is 0 Å². The van der Waals surface area contributed by atoms with E-state index in [1.807, 2.05) is 29.4 Å². The molecule has 1 aromatic carbocycles. The molecule has 0 radical (unpaired) electrons. The van der Waals surface area contributed by atoms with Crippen LogP contribution in [0.2, 0.25) is 0 Å². The molecule has 0 saturated carbocycles. The largest absolute Gasteiger partial charge is 0.480 e. The second-order valence-corrected chi connectivity index (χ2v) is 7.21. The van der Waals surface area contributed by atoms with E-state index in [2.05, 4.69) is 16.7 Å². The van der Waals surface area contributed by atoms with E-state index in [9.17, 15) is 4.79 Å². The fraction of sp³-hybridized carbons (Fsp3) is 0.500. The molecule has 138 valence electrons. The maximum Gasteiger partial charge on any atom is 0.317 e. The van der Waals surface area contributed by atoms with Crippen molar-refractivity contribution in [3.63, 3.8) is 0 Å². The van der Waals surface area contributed by atoms with Crippen LogP contribution < -0.4 is 0 Å². The molecule has 0 aliphatic carbocycles. The third-order valence-corrected chi connectivity index (χ3v) is 5.50. The first-order valence-corrected chi connectivity index (χ1v) is 9.36. The summed E-state index contributed by atoms with van der Waals surface area (Å²) in [5.41, 5.74) is 3.50. The Labute approximate surface area is 153 Å². The standard InChI is InChI=1S/C20H25N3O3/c24-18(25)12-22-9-6-17(7-10-22)23-14-21-19(15-4-2-1-3-5-15)20(23)16-8-11-26-13-16/h1-5,14,16-17H,6-13H2,(H,24,25)/t16-/m1/s1. The maximum absolute atomic E-state index is 10.9. The number of aliphatic carboxylic acids is 1. The second kappa shape index (κ2) is 7.60. The number of nitrogens with zero attached hydrogens (tertiary/aromatic N) is 3. The molecule has 6 heteroatoms. The van der Waals surface area contributed by atoms with Crippen molar-refractivity contribution in [3.05, 3.63) is 42.4 Å². The number of rotatable bonds is 5. The average molecular weight is 355 g/mol. The summed E-state index contributed by atoms with van der Waals surface area (Å²) in [6.45, 7) is 3.33. The predicted molar refractivity (Wildman–Crippen MR) is 98.2 cm³/mol. The van der Waals surface area contributed by atoms with Gasteiger partial charge in [0, 0.05) is 37.2 Å². The van der Waals surface area contributed by atoms with Crippen molar-refractivity contribution < 1.29 is 14.6 Å². The molecule has 2 fully saturated rings. The van der Waals surface area contributed by atoms with Gasteiger partial charge in [-0.25, -0.2) is 4.98 Å². The first kappa shape index (κ1) is 17.2. The number of hydrogen-bond donors (Lipinski definition) is 1. The van der Waals surface area contributed by atoms with Crippen LogP contribution in [0.25, 0.3) is 11.3 Å². The molecule has 1 N–H and O–H groups in total. The number of ether oxygens (including phenoxy) is 1. The van der Waals surface area contributed by atoms with Gasteiger partial charge in [0.25, 0.3) is 0 Å². The van der Waals surface area contributed by atoms with Crippen LogP contribution in [-0.2, 0) is 9.53 Å². The summed E-state index contributed by atoms with van der Waals surface area (Å²) in [7, 11) is 0. The molecule has 4 rings (SSSR count). The summed E-state index contributed by atoms with van der Waals surface area (Å²) in [6.07, 6.45) is 4.92. The van der Waals surface area contributed by atoms with Crippen molar-refractivity contribution in [2.75, 3.05) is 32.8 Å². The monoisotopic (exact) mass is 355 g/mol. The number of aromatic nitrogens is 2. The number of carboxylic acids is 1. The minimum atomic E-state index is -0.749. The third-order valence-electron chi connectivity index (χ3n) is 5.50. The summed E-state index contributed by atoms with van der Waals surface area (Å²) in [6, 6.07) is 10.7. The van der Waals surface area contributed by atoms with E-state index < -0.39 is 5.97 Å². The zero-order chi connectivity index (χ0) is 17.9. The maximum atomic E-state index is 10.9. The minimum Gasteiger partial charge on any atom is -0.480 e. The van der Waals surface area contributed by atoms with Gasteiger partial charge in [0.05, 0.1) is 30.9 Å². The molecule has 2 saturated heterocycles. The molecule has 1 atom stereocenters. The van der Waals surface area contributed by atoms with Gasteiger partial charge >= 0.3 is 5.97 Å². The predicted octanol–water partition coefficient (Wildman–Crippen LogP) is 2.78. The quantitative estimate of drug-likeness (QED) is 0.893. The van der Waals surface area contributed by atoms with E-state index in [-0.39, 0.29) is 6.54 Å². The molecule has 0 spiro atoms. The van der Waals surface area contributed by atoms with Crippen LogP contribution in [-0.4, -0.2) is 58.4 Å².